The van der Waals surface area contributed by atoms with E-state index in [2.05, 4.69) is 15.3 Å². The summed E-state index contributed by atoms with van der Waals surface area (Å²) in [6, 6.07) is 21.6. The maximum absolute atomic E-state index is 13.2. The molecular weight excluding hydrogens is 421 g/mol. The lowest BCUT2D eigenvalue weighted by molar-refractivity contribution is -0.137. The third kappa shape index (κ3) is 6.32. The number of H-pyrrole nitrogens is 1. The lowest BCUT2D eigenvalue weighted by atomic mass is 9.89. The molecule has 1 unspecified atom stereocenters. The summed E-state index contributed by atoms with van der Waals surface area (Å²) in [5.74, 6) is 0.0820. The van der Waals surface area contributed by atoms with Gasteiger partial charge in [0.05, 0.1) is 24.1 Å². The average Bonchev–Trinajstić information content (AvgIpc) is 3.22. The smallest absolute Gasteiger partial charge is 0.303 e. The summed E-state index contributed by atoms with van der Waals surface area (Å²) in [7, 11) is 0. The number of nitrogens with zero attached hydrogens (tertiary/aromatic N) is 1. The number of aliphatic carboxylic acids is 1. The number of para-hydroxylation sites is 2. The van der Waals surface area contributed by atoms with Crippen LogP contribution in [0.4, 0.5) is 10.3 Å². The van der Waals surface area contributed by atoms with Crippen LogP contribution in [0.1, 0.15) is 29.9 Å². The number of carboxylic acids is 1. The van der Waals surface area contributed by atoms with Gasteiger partial charge in [-0.25, -0.2) is 9.37 Å². The van der Waals surface area contributed by atoms with Gasteiger partial charge in [0.1, 0.15) is 11.6 Å². The molecular formula is C26H26FN3O3. The summed E-state index contributed by atoms with van der Waals surface area (Å²) in [6.45, 7) is 1.29. The number of benzene rings is 3. The third-order valence-corrected chi connectivity index (χ3v) is 5.44. The van der Waals surface area contributed by atoms with Gasteiger partial charge in [-0.1, -0.05) is 36.4 Å². The van der Waals surface area contributed by atoms with E-state index >= 15 is 0 Å². The zero-order chi connectivity index (χ0) is 23.0. The lowest BCUT2D eigenvalue weighted by Gasteiger charge is -2.16. The van der Waals surface area contributed by atoms with E-state index in [1.54, 1.807) is 12.1 Å². The summed E-state index contributed by atoms with van der Waals surface area (Å²) in [5.41, 5.74) is 3.75. The Kier molecular flexibility index (Phi) is 7.19. The van der Waals surface area contributed by atoms with Crippen molar-refractivity contribution in [2.45, 2.75) is 25.2 Å². The number of aromatic nitrogens is 2. The highest BCUT2D eigenvalue weighted by atomic mass is 19.1. The number of hydrogen-bond donors (Lipinski definition) is 3. The molecule has 1 aromatic heterocycles. The predicted molar refractivity (Wildman–Crippen MR) is 126 cm³/mol. The highest BCUT2D eigenvalue weighted by Gasteiger charge is 2.16. The van der Waals surface area contributed by atoms with Crippen LogP contribution in [-0.2, 0) is 11.2 Å². The molecule has 0 radical (unpaired) electrons. The van der Waals surface area contributed by atoms with E-state index in [1.165, 1.54) is 12.1 Å². The number of aromatic amines is 1. The van der Waals surface area contributed by atoms with Gasteiger partial charge in [-0.15, -0.1) is 0 Å². The summed E-state index contributed by atoms with van der Waals surface area (Å²) in [6.07, 6.45) is 1.35. The minimum atomic E-state index is -0.875. The Bertz CT molecular complexity index is 1160. The Morgan fingerprint density at radius 1 is 1.06 bits per heavy atom. The molecule has 3 N–H and O–H groups in total. The monoisotopic (exact) mass is 447 g/mol. The number of imidazole rings is 1. The largest absolute Gasteiger partial charge is 0.494 e. The maximum Gasteiger partial charge on any atom is 0.303 e. The normalized spacial score (nSPS) is 11.9. The van der Waals surface area contributed by atoms with Crippen LogP contribution in [-0.4, -0.2) is 34.2 Å². The summed E-state index contributed by atoms with van der Waals surface area (Å²) in [5, 5.41) is 12.5. The summed E-state index contributed by atoms with van der Waals surface area (Å²) < 4.78 is 19.0. The van der Waals surface area contributed by atoms with Gasteiger partial charge in [-0.3, -0.25) is 4.79 Å². The van der Waals surface area contributed by atoms with Crippen LogP contribution in [0.2, 0.25) is 0 Å². The van der Waals surface area contributed by atoms with Crippen LogP contribution in [0.3, 0.4) is 0 Å². The molecule has 6 nitrogen and oxygen atoms in total. The van der Waals surface area contributed by atoms with E-state index in [0.29, 0.717) is 13.0 Å². The zero-order valence-corrected chi connectivity index (χ0v) is 18.1. The molecule has 1 heterocycles. The molecule has 0 spiro atoms. The molecule has 0 saturated carbocycles. The number of halogens is 1. The molecule has 0 aliphatic carbocycles. The Balaban J connectivity index is 1.24. The molecule has 3 aromatic carbocycles. The van der Waals surface area contributed by atoms with Crippen molar-refractivity contribution in [3.05, 3.63) is 89.7 Å². The molecule has 0 bridgehead atoms. The van der Waals surface area contributed by atoms with Crippen molar-refractivity contribution in [1.29, 1.82) is 0 Å². The van der Waals surface area contributed by atoms with Gasteiger partial charge in [-0.05, 0) is 66.3 Å². The molecule has 0 aliphatic heterocycles. The summed E-state index contributed by atoms with van der Waals surface area (Å²) >= 11 is 0. The van der Waals surface area contributed by atoms with Crippen molar-refractivity contribution >= 4 is 23.0 Å². The fourth-order valence-corrected chi connectivity index (χ4v) is 3.77. The fourth-order valence-electron chi connectivity index (χ4n) is 3.77. The minimum Gasteiger partial charge on any atom is -0.494 e. The van der Waals surface area contributed by atoms with Gasteiger partial charge in [0, 0.05) is 6.54 Å². The first-order valence-electron chi connectivity index (χ1n) is 10.9. The van der Waals surface area contributed by atoms with Crippen molar-refractivity contribution in [3.8, 4) is 5.75 Å². The van der Waals surface area contributed by atoms with Crippen molar-refractivity contribution in [2.24, 2.45) is 0 Å². The third-order valence-electron chi connectivity index (χ3n) is 5.44. The molecule has 1 atom stereocenters. The second-order valence-corrected chi connectivity index (χ2v) is 7.93. The molecule has 170 valence electrons. The van der Waals surface area contributed by atoms with Crippen LogP contribution >= 0.6 is 0 Å². The Morgan fingerprint density at radius 2 is 1.82 bits per heavy atom. The van der Waals surface area contributed by atoms with Crippen LogP contribution in [0, 0.1) is 5.82 Å². The molecule has 0 aliphatic rings. The molecule has 7 heteroatoms. The van der Waals surface area contributed by atoms with Gasteiger partial charge in [0.2, 0.25) is 5.95 Å². The molecule has 33 heavy (non-hydrogen) atoms. The fraction of sp³-hybridized carbons (Fsp3) is 0.231. The highest BCUT2D eigenvalue weighted by Crippen LogP contribution is 2.26. The van der Waals surface area contributed by atoms with Crippen LogP contribution in [0.5, 0.6) is 5.75 Å². The second kappa shape index (κ2) is 10.6. The SMILES string of the molecule is O=C(O)CC(Cc1ccc(OCCCNc2nc3ccccc3[nH]2)cc1)c1ccc(F)cc1. The Morgan fingerprint density at radius 3 is 2.55 bits per heavy atom. The first-order valence-corrected chi connectivity index (χ1v) is 10.9. The van der Waals surface area contributed by atoms with Gasteiger partial charge >= 0.3 is 5.97 Å². The Hall–Kier alpha value is -3.87. The molecule has 0 saturated heterocycles. The van der Waals surface area contributed by atoms with E-state index in [9.17, 15) is 14.3 Å². The number of nitrogens with one attached hydrogen (secondary N) is 2. The number of ether oxygens (including phenoxy) is 1. The van der Waals surface area contributed by atoms with Gasteiger partial charge < -0.3 is 20.1 Å². The number of hydrogen-bond acceptors (Lipinski definition) is 4. The van der Waals surface area contributed by atoms with Crippen LogP contribution < -0.4 is 10.1 Å². The molecule has 0 amide bonds. The van der Waals surface area contributed by atoms with E-state index < -0.39 is 5.97 Å². The van der Waals surface area contributed by atoms with E-state index in [4.69, 9.17) is 4.74 Å². The summed E-state index contributed by atoms with van der Waals surface area (Å²) in [4.78, 5) is 19.0. The molecule has 4 aromatic rings. The van der Waals surface area contributed by atoms with Crippen molar-refractivity contribution in [3.63, 3.8) is 0 Å². The number of anilines is 1. The molecule has 4 rings (SSSR count). The first kappa shape index (κ1) is 22.3. The first-order chi connectivity index (χ1) is 16.1. The minimum absolute atomic E-state index is 0.0118. The van der Waals surface area contributed by atoms with Crippen molar-refractivity contribution in [2.75, 3.05) is 18.5 Å². The lowest BCUT2D eigenvalue weighted by Crippen LogP contribution is -2.10. The van der Waals surface area contributed by atoms with Crippen molar-refractivity contribution < 1.29 is 19.0 Å². The van der Waals surface area contributed by atoms with Crippen LogP contribution in [0.15, 0.2) is 72.8 Å². The van der Waals surface area contributed by atoms with E-state index in [0.717, 1.165) is 46.8 Å². The van der Waals surface area contributed by atoms with Gasteiger partial charge in [0.15, 0.2) is 0 Å². The number of carboxylic acid groups (broad SMARTS) is 1. The molecule has 0 fully saturated rings. The topological polar surface area (TPSA) is 87.2 Å². The van der Waals surface area contributed by atoms with E-state index in [-0.39, 0.29) is 18.2 Å². The van der Waals surface area contributed by atoms with Crippen LogP contribution in [0.25, 0.3) is 11.0 Å². The van der Waals surface area contributed by atoms with Gasteiger partial charge in [0.25, 0.3) is 0 Å². The number of fused-ring (bicyclic) bond motifs is 1. The van der Waals surface area contributed by atoms with E-state index in [1.807, 2.05) is 48.5 Å². The zero-order valence-electron chi connectivity index (χ0n) is 18.1. The highest BCUT2D eigenvalue weighted by molar-refractivity contribution is 5.77. The number of carbonyl (C=O) groups is 1. The number of rotatable bonds is 11. The van der Waals surface area contributed by atoms with Gasteiger partial charge in [-0.2, -0.15) is 0 Å². The standard InChI is InChI=1S/C26H26FN3O3/c27-21-10-8-19(9-11-21)20(17-25(31)32)16-18-6-12-22(13-7-18)33-15-3-14-28-26-29-23-4-1-2-5-24(23)30-26/h1-2,4-13,20H,3,14-17H2,(H,31,32)(H2,28,29,30). The average molecular weight is 448 g/mol. The van der Waals surface area contributed by atoms with Crippen molar-refractivity contribution in [1.82, 2.24) is 9.97 Å². The predicted octanol–water partition coefficient (Wildman–Crippen LogP) is 5.38. The maximum atomic E-state index is 13.2. The quantitative estimate of drug-likeness (QED) is 0.269. The Labute approximate surface area is 191 Å². The second-order valence-electron chi connectivity index (χ2n) is 7.93.